The highest BCUT2D eigenvalue weighted by molar-refractivity contribution is 5.93. The number of nitrogens with one attached hydrogen (secondary N) is 1. The van der Waals surface area contributed by atoms with Gasteiger partial charge < -0.3 is 19.9 Å². The van der Waals surface area contributed by atoms with Crippen LogP contribution in [0.15, 0.2) is 48.5 Å². The maximum absolute atomic E-state index is 12.9. The van der Waals surface area contributed by atoms with Crippen LogP contribution in [-0.4, -0.2) is 38.7 Å². The van der Waals surface area contributed by atoms with Crippen LogP contribution in [0.1, 0.15) is 24.4 Å². The highest BCUT2D eigenvalue weighted by Gasteiger charge is 2.30. The molecule has 1 atom stereocenters. The van der Waals surface area contributed by atoms with E-state index in [4.69, 9.17) is 4.74 Å². The fourth-order valence-corrected chi connectivity index (χ4v) is 3.34. The Morgan fingerprint density at radius 1 is 1.16 bits per heavy atom. The van der Waals surface area contributed by atoms with E-state index < -0.39 is 0 Å². The van der Waals surface area contributed by atoms with Gasteiger partial charge in [-0.1, -0.05) is 24.3 Å². The molecule has 2 aromatic rings. The zero-order valence-corrected chi connectivity index (χ0v) is 15.0. The zero-order chi connectivity index (χ0) is 17.8. The van der Waals surface area contributed by atoms with Crippen molar-refractivity contribution in [1.82, 2.24) is 4.90 Å². The molecule has 1 aliphatic heterocycles. The maximum atomic E-state index is 12.9. The molecule has 1 heterocycles. The fraction of sp³-hybridized carbons (Fsp3) is 0.350. The molecule has 0 bridgehead atoms. The monoisotopic (exact) mass is 339 g/mol. The van der Waals surface area contributed by atoms with Crippen LogP contribution in [-0.2, 0) is 0 Å². The Labute approximate surface area is 149 Å². The van der Waals surface area contributed by atoms with Crippen molar-refractivity contribution in [2.45, 2.75) is 18.9 Å². The molecule has 1 N–H and O–H groups in total. The first-order valence-electron chi connectivity index (χ1n) is 8.58. The number of benzene rings is 2. The topological polar surface area (TPSA) is 44.8 Å². The van der Waals surface area contributed by atoms with Crippen LogP contribution in [0.25, 0.3) is 0 Å². The average molecular weight is 339 g/mol. The van der Waals surface area contributed by atoms with Gasteiger partial charge in [-0.2, -0.15) is 0 Å². The van der Waals surface area contributed by atoms with Crippen LogP contribution in [0, 0.1) is 0 Å². The molecule has 0 radical (unpaired) electrons. The van der Waals surface area contributed by atoms with Gasteiger partial charge in [0.15, 0.2) is 0 Å². The van der Waals surface area contributed by atoms with Gasteiger partial charge >= 0.3 is 6.03 Å². The SMILES string of the molecule is COc1ccc([C@H]2CCCN2C(=O)Nc2ccccc2N(C)C)cc1. The molecule has 0 aromatic heterocycles. The second kappa shape index (κ2) is 7.47. The summed E-state index contributed by atoms with van der Waals surface area (Å²) >= 11 is 0. The normalized spacial score (nSPS) is 16.6. The number of rotatable bonds is 4. The molecule has 1 fully saturated rings. The number of likely N-dealkylation sites (tertiary alicyclic amines) is 1. The van der Waals surface area contributed by atoms with Gasteiger partial charge in [-0.15, -0.1) is 0 Å². The lowest BCUT2D eigenvalue weighted by molar-refractivity contribution is 0.207. The molecule has 25 heavy (non-hydrogen) atoms. The predicted octanol–water partition coefficient (Wildman–Crippen LogP) is 4.13. The maximum Gasteiger partial charge on any atom is 0.322 e. The van der Waals surface area contributed by atoms with Crippen LogP contribution in [0.4, 0.5) is 16.2 Å². The first-order chi connectivity index (χ1) is 12.1. The molecule has 5 heteroatoms. The Kier molecular flexibility index (Phi) is 5.12. The lowest BCUT2D eigenvalue weighted by Gasteiger charge is -2.26. The van der Waals surface area contributed by atoms with Crippen molar-refractivity contribution in [3.05, 3.63) is 54.1 Å². The van der Waals surface area contributed by atoms with Gasteiger partial charge in [-0.05, 0) is 42.7 Å². The standard InChI is InChI=1S/C20H25N3O2/c1-22(2)19-8-5-4-7-17(19)21-20(24)23-14-6-9-18(23)15-10-12-16(25-3)13-11-15/h4-5,7-8,10-13,18H,6,9,14H2,1-3H3,(H,21,24)/t18-/m1/s1. The first kappa shape index (κ1) is 17.1. The summed E-state index contributed by atoms with van der Waals surface area (Å²) in [6, 6.07) is 15.9. The Morgan fingerprint density at radius 3 is 2.56 bits per heavy atom. The Bertz CT molecular complexity index is 728. The van der Waals surface area contributed by atoms with Crippen molar-refractivity contribution in [1.29, 1.82) is 0 Å². The van der Waals surface area contributed by atoms with Gasteiger partial charge in [0.25, 0.3) is 0 Å². The van der Waals surface area contributed by atoms with Crippen molar-refractivity contribution < 1.29 is 9.53 Å². The summed E-state index contributed by atoms with van der Waals surface area (Å²) in [5.41, 5.74) is 2.98. The number of hydrogen-bond donors (Lipinski definition) is 1. The molecule has 1 saturated heterocycles. The average Bonchev–Trinajstić information content (AvgIpc) is 3.12. The van der Waals surface area contributed by atoms with Crippen LogP contribution in [0.2, 0.25) is 0 Å². The third kappa shape index (κ3) is 3.71. The summed E-state index contributed by atoms with van der Waals surface area (Å²) in [5, 5.41) is 3.08. The number of hydrogen-bond acceptors (Lipinski definition) is 3. The van der Waals surface area contributed by atoms with Crippen molar-refractivity contribution in [2.75, 3.05) is 38.0 Å². The van der Waals surface area contributed by atoms with Crippen LogP contribution in [0.3, 0.4) is 0 Å². The molecule has 132 valence electrons. The van der Waals surface area contributed by atoms with E-state index in [2.05, 4.69) is 5.32 Å². The van der Waals surface area contributed by atoms with Gasteiger partial charge in [0, 0.05) is 20.6 Å². The second-order valence-electron chi connectivity index (χ2n) is 6.47. The Balaban J connectivity index is 1.77. The summed E-state index contributed by atoms with van der Waals surface area (Å²) in [6.45, 7) is 0.770. The summed E-state index contributed by atoms with van der Waals surface area (Å²) in [5.74, 6) is 0.831. The minimum atomic E-state index is -0.0485. The third-order valence-corrected chi connectivity index (χ3v) is 4.64. The summed E-state index contributed by atoms with van der Waals surface area (Å²) in [4.78, 5) is 16.8. The largest absolute Gasteiger partial charge is 0.497 e. The summed E-state index contributed by atoms with van der Waals surface area (Å²) < 4.78 is 5.22. The molecular weight excluding hydrogens is 314 g/mol. The minimum absolute atomic E-state index is 0.0485. The molecule has 1 aliphatic rings. The summed E-state index contributed by atoms with van der Waals surface area (Å²) in [6.07, 6.45) is 1.99. The molecule has 5 nitrogen and oxygen atoms in total. The first-order valence-corrected chi connectivity index (χ1v) is 8.58. The van der Waals surface area contributed by atoms with Gasteiger partial charge in [-0.25, -0.2) is 4.79 Å². The lowest BCUT2D eigenvalue weighted by Crippen LogP contribution is -2.34. The zero-order valence-electron chi connectivity index (χ0n) is 15.0. The molecule has 2 aromatic carbocycles. The molecule has 3 rings (SSSR count). The number of ether oxygens (including phenoxy) is 1. The van der Waals surface area contributed by atoms with E-state index in [9.17, 15) is 4.79 Å². The number of anilines is 2. The quantitative estimate of drug-likeness (QED) is 0.911. The van der Waals surface area contributed by atoms with Gasteiger partial charge in [-0.3, -0.25) is 0 Å². The van der Waals surface area contributed by atoms with Crippen LogP contribution < -0.4 is 15.0 Å². The number of carbonyl (C=O) groups excluding carboxylic acids is 1. The van der Waals surface area contributed by atoms with E-state index in [1.54, 1.807) is 7.11 Å². The highest BCUT2D eigenvalue weighted by atomic mass is 16.5. The minimum Gasteiger partial charge on any atom is -0.497 e. The number of amides is 2. The van der Waals surface area contributed by atoms with Crippen LogP contribution in [0.5, 0.6) is 5.75 Å². The fourth-order valence-electron chi connectivity index (χ4n) is 3.34. The second-order valence-corrected chi connectivity index (χ2v) is 6.47. The van der Waals surface area contributed by atoms with E-state index in [0.29, 0.717) is 0 Å². The van der Waals surface area contributed by atoms with Crippen molar-refractivity contribution in [3.63, 3.8) is 0 Å². The van der Waals surface area contributed by atoms with E-state index in [1.807, 2.05) is 72.4 Å². The molecule has 0 spiro atoms. The van der Waals surface area contributed by atoms with Crippen molar-refractivity contribution >= 4 is 17.4 Å². The van der Waals surface area contributed by atoms with Gasteiger partial charge in [0.2, 0.25) is 0 Å². The molecule has 2 amide bonds. The van der Waals surface area contributed by atoms with E-state index in [-0.39, 0.29) is 12.1 Å². The number of carbonyl (C=O) groups is 1. The third-order valence-electron chi connectivity index (χ3n) is 4.64. The lowest BCUT2D eigenvalue weighted by atomic mass is 10.0. The van der Waals surface area contributed by atoms with Gasteiger partial charge in [0.05, 0.1) is 24.5 Å². The van der Waals surface area contributed by atoms with Crippen LogP contribution >= 0.6 is 0 Å². The molecule has 0 saturated carbocycles. The molecule has 0 aliphatic carbocycles. The Hall–Kier alpha value is -2.69. The summed E-state index contributed by atoms with van der Waals surface area (Å²) in [7, 11) is 5.61. The van der Waals surface area contributed by atoms with Crippen molar-refractivity contribution in [2.24, 2.45) is 0 Å². The highest BCUT2D eigenvalue weighted by Crippen LogP contribution is 2.34. The molecule has 0 unspecified atom stereocenters. The number of methoxy groups -OCH3 is 1. The number of urea groups is 1. The number of para-hydroxylation sites is 2. The molecular formula is C20H25N3O2. The Morgan fingerprint density at radius 2 is 1.88 bits per heavy atom. The number of nitrogens with zero attached hydrogens (tertiary/aromatic N) is 2. The van der Waals surface area contributed by atoms with Crippen molar-refractivity contribution in [3.8, 4) is 5.75 Å². The van der Waals surface area contributed by atoms with E-state index in [1.165, 1.54) is 0 Å². The van der Waals surface area contributed by atoms with E-state index >= 15 is 0 Å². The van der Waals surface area contributed by atoms with E-state index in [0.717, 1.165) is 42.1 Å². The van der Waals surface area contributed by atoms with Gasteiger partial charge in [0.1, 0.15) is 5.75 Å². The smallest absolute Gasteiger partial charge is 0.322 e. The predicted molar refractivity (Wildman–Crippen MR) is 101 cm³/mol.